The molecule has 1 aromatic heterocycles. The van der Waals surface area contributed by atoms with E-state index < -0.39 is 0 Å². The maximum absolute atomic E-state index is 12.0. The van der Waals surface area contributed by atoms with Crippen molar-refractivity contribution in [1.82, 2.24) is 15.1 Å². The number of hydrogen-bond acceptors (Lipinski definition) is 4. The van der Waals surface area contributed by atoms with Crippen LogP contribution in [-0.2, 0) is 18.4 Å². The highest BCUT2D eigenvalue weighted by Crippen LogP contribution is 2.35. The monoisotopic (exact) mass is 265 g/mol. The Balaban J connectivity index is 2.29. The molecule has 6 heteroatoms. The molecule has 6 nitrogen and oxygen atoms in total. The Morgan fingerprint density at radius 3 is 2.84 bits per heavy atom. The third-order valence-electron chi connectivity index (χ3n) is 4.07. The number of aryl methyl sites for hydroxylation is 2. The molecule has 2 heterocycles. The SMILES string of the molecule is CNC(=O)C1(C)CCN(c2c(CN)c(C)nn2C)C1. The van der Waals surface area contributed by atoms with Crippen LogP contribution >= 0.6 is 0 Å². The number of amides is 1. The fourth-order valence-corrected chi connectivity index (χ4v) is 2.95. The summed E-state index contributed by atoms with van der Waals surface area (Å²) in [6.07, 6.45) is 0.848. The van der Waals surface area contributed by atoms with Gasteiger partial charge in [0.15, 0.2) is 0 Å². The van der Waals surface area contributed by atoms with Gasteiger partial charge in [-0.3, -0.25) is 9.48 Å². The van der Waals surface area contributed by atoms with E-state index in [4.69, 9.17) is 5.73 Å². The molecule has 1 aliphatic heterocycles. The Morgan fingerprint density at radius 2 is 2.26 bits per heavy atom. The van der Waals surface area contributed by atoms with E-state index in [9.17, 15) is 4.79 Å². The van der Waals surface area contributed by atoms with E-state index in [1.165, 1.54) is 0 Å². The van der Waals surface area contributed by atoms with Crippen LogP contribution in [0.4, 0.5) is 5.82 Å². The molecular weight excluding hydrogens is 242 g/mol. The first-order valence-electron chi connectivity index (χ1n) is 6.62. The number of anilines is 1. The number of nitrogens with two attached hydrogens (primary N) is 1. The Morgan fingerprint density at radius 1 is 1.58 bits per heavy atom. The van der Waals surface area contributed by atoms with Gasteiger partial charge in [-0.1, -0.05) is 0 Å². The van der Waals surface area contributed by atoms with E-state index in [2.05, 4.69) is 15.3 Å². The second-order valence-corrected chi connectivity index (χ2v) is 5.53. The summed E-state index contributed by atoms with van der Waals surface area (Å²) in [6.45, 7) is 6.02. The first-order chi connectivity index (χ1) is 8.92. The minimum absolute atomic E-state index is 0.100. The zero-order valence-corrected chi connectivity index (χ0v) is 12.2. The van der Waals surface area contributed by atoms with Crippen LogP contribution in [-0.4, -0.2) is 35.8 Å². The molecular formula is C13H23N5O. The molecule has 0 aliphatic carbocycles. The van der Waals surface area contributed by atoms with Gasteiger partial charge in [0.2, 0.25) is 5.91 Å². The summed E-state index contributed by atoms with van der Waals surface area (Å²) in [7, 11) is 3.62. The van der Waals surface area contributed by atoms with Crippen LogP contribution < -0.4 is 16.0 Å². The first-order valence-corrected chi connectivity index (χ1v) is 6.62. The van der Waals surface area contributed by atoms with E-state index in [-0.39, 0.29) is 11.3 Å². The molecule has 0 radical (unpaired) electrons. The summed E-state index contributed by atoms with van der Waals surface area (Å²) in [5.74, 6) is 1.15. The molecule has 3 N–H and O–H groups in total. The Bertz CT molecular complexity index is 495. The fourth-order valence-electron chi connectivity index (χ4n) is 2.95. The van der Waals surface area contributed by atoms with E-state index in [1.54, 1.807) is 7.05 Å². The third-order valence-corrected chi connectivity index (χ3v) is 4.07. The van der Waals surface area contributed by atoms with Crippen LogP contribution in [0.5, 0.6) is 0 Å². The molecule has 106 valence electrons. The lowest BCUT2D eigenvalue weighted by Gasteiger charge is -2.24. The predicted molar refractivity (Wildman–Crippen MR) is 74.8 cm³/mol. The molecule has 0 spiro atoms. The average molecular weight is 265 g/mol. The van der Waals surface area contributed by atoms with Crippen LogP contribution in [0.25, 0.3) is 0 Å². The highest BCUT2D eigenvalue weighted by molar-refractivity contribution is 5.83. The van der Waals surface area contributed by atoms with Crippen LogP contribution in [0.3, 0.4) is 0 Å². The minimum atomic E-state index is -0.335. The fraction of sp³-hybridized carbons (Fsp3) is 0.692. The summed E-state index contributed by atoms with van der Waals surface area (Å²) >= 11 is 0. The predicted octanol–water partition coefficient (Wildman–Crippen LogP) is 0.150. The van der Waals surface area contributed by atoms with Gasteiger partial charge in [0.05, 0.1) is 11.1 Å². The first kappa shape index (κ1) is 13.9. The molecule has 1 aliphatic rings. The molecule has 1 saturated heterocycles. The molecule has 0 bridgehead atoms. The minimum Gasteiger partial charge on any atom is -0.359 e. The standard InChI is InChI=1S/C13H23N5O/c1-9-10(7-14)11(17(4)16-9)18-6-5-13(2,8-18)12(19)15-3/h5-8,14H2,1-4H3,(H,15,19). The Labute approximate surface area is 113 Å². The average Bonchev–Trinajstić information content (AvgIpc) is 2.89. The molecule has 1 amide bonds. The maximum atomic E-state index is 12.0. The highest BCUT2D eigenvalue weighted by Gasteiger charge is 2.41. The van der Waals surface area contributed by atoms with Gasteiger partial charge in [0.25, 0.3) is 0 Å². The number of carbonyl (C=O) groups excluding carboxylic acids is 1. The van der Waals surface area contributed by atoms with Crippen LogP contribution in [0, 0.1) is 12.3 Å². The lowest BCUT2D eigenvalue weighted by molar-refractivity contribution is -0.128. The number of carbonyl (C=O) groups is 1. The van der Waals surface area contributed by atoms with Gasteiger partial charge in [0, 0.05) is 39.3 Å². The van der Waals surface area contributed by atoms with E-state index in [1.807, 2.05) is 25.6 Å². The highest BCUT2D eigenvalue weighted by atomic mass is 16.2. The van der Waals surface area contributed by atoms with Gasteiger partial charge in [-0.05, 0) is 20.3 Å². The number of hydrogen-bond donors (Lipinski definition) is 2. The van der Waals surface area contributed by atoms with Gasteiger partial charge in [-0.15, -0.1) is 0 Å². The molecule has 1 fully saturated rings. The van der Waals surface area contributed by atoms with Crippen molar-refractivity contribution < 1.29 is 4.79 Å². The van der Waals surface area contributed by atoms with Crippen molar-refractivity contribution in [3.8, 4) is 0 Å². The zero-order valence-electron chi connectivity index (χ0n) is 12.2. The van der Waals surface area contributed by atoms with Gasteiger partial charge in [-0.25, -0.2) is 0 Å². The second kappa shape index (κ2) is 4.85. The van der Waals surface area contributed by atoms with Crippen molar-refractivity contribution in [2.45, 2.75) is 26.8 Å². The van der Waals surface area contributed by atoms with E-state index >= 15 is 0 Å². The largest absolute Gasteiger partial charge is 0.359 e. The quantitative estimate of drug-likeness (QED) is 0.815. The van der Waals surface area contributed by atoms with Crippen LogP contribution in [0.2, 0.25) is 0 Å². The van der Waals surface area contributed by atoms with Crippen molar-refractivity contribution in [3.63, 3.8) is 0 Å². The molecule has 1 atom stereocenters. The molecule has 1 unspecified atom stereocenters. The molecule has 0 aromatic carbocycles. The third kappa shape index (κ3) is 2.20. The number of rotatable bonds is 3. The smallest absolute Gasteiger partial charge is 0.227 e. The number of aromatic nitrogens is 2. The molecule has 19 heavy (non-hydrogen) atoms. The van der Waals surface area contributed by atoms with Gasteiger partial charge >= 0.3 is 0 Å². The van der Waals surface area contributed by atoms with Crippen molar-refractivity contribution in [1.29, 1.82) is 0 Å². The van der Waals surface area contributed by atoms with Crippen molar-refractivity contribution >= 4 is 11.7 Å². The van der Waals surface area contributed by atoms with Crippen LogP contribution in [0.15, 0.2) is 0 Å². The van der Waals surface area contributed by atoms with Gasteiger partial charge in [0.1, 0.15) is 5.82 Å². The topological polar surface area (TPSA) is 76.2 Å². The summed E-state index contributed by atoms with van der Waals surface area (Å²) < 4.78 is 1.87. The van der Waals surface area contributed by atoms with E-state index in [0.29, 0.717) is 13.1 Å². The Hall–Kier alpha value is -1.56. The molecule has 2 rings (SSSR count). The van der Waals surface area contributed by atoms with Crippen LogP contribution in [0.1, 0.15) is 24.6 Å². The maximum Gasteiger partial charge on any atom is 0.227 e. The summed E-state index contributed by atoms with van der Waals surface area (Å²) in [5.41, 5.74) is 7.53. The van der Waals surface area contributed by atoms with Crippen molar-refractivity contribution in [2.24, 2.45) is 18.2 Å². The lowest BCUT2D eigenvalue weighted by Crippen LogP contribution is -2.39. The second-order valence-electron chi connectivity index (χ2n) is 5.53. The normalized spacial score (nSPS) is 22.9. The van der Waals surface area contributed by atoms with E-state index in [0.717, 1.165) is 30.0 Å². The lowest BCUT2D eigenvalue weighted by atomic mass is 9.89. The van der Waals surface area contributed by atoms with Crippen molar-refractivity contribution in [2.75, 3.05) is 25.0 Å². The molecule has 0 saturated carbocycles. The number of nitrogens with zero attached hydrogens (tertiary/aromatic N) is 3. The van der Waals surface area contributed by atoms with Crippen molar-refractivity contribution in [3.05, 3.63) is 11.3 Å². The molecule has 1 aromatic rings. The van der Waals surface area contributed by atoms with Gasteiger partial charge < -0.3 is 16.0 Å². The number of nitrogens with one attached hydrogen (secondary N) is 1. The zero-order chi connectivity index (χ0) is 14.2. The Kier molecular flexibility index (Phi) is 3.54. The summed E-state index contributed by atoms with van der Waals surface area (Å²) in [6, 6.07) is 0. The summed E-state index contributed by atoms with van der Waals surface area (Å²) in [5, 5.41) is 7.19. The van der Waals surface area contributed by atoms with Gasteiger partial charge in [-0.2, -0.15) is 5.10 Å². The summed E-state index contributed by atoms with van der Waals surface area (Å²) in [4.78, 5) is 14.2.